The molecule has 5 nitrogen and oxygen atoms in total. The largest absolute Gasteiger partial charge is 0.478 e. The topological polar surface area (TPSA) is 77.8 Å². The molecule has 21 heavy (non-hydrogen) atoms. The summed E-state index contributed by atoms with van der Waals surface area (Å²) in [6.07, 6.45) is 2.16. The number of carboxylic acid groups (broad SMARTS) is 1. The van der Waals surface area contributed by atoms with E-state index in [1.54, 1.807) is 18.2 Å². The van der Waals surface area contributed by atoms with Gasteiger partial charge in [0.2, 0.25) is 0 Å². The summed E-state index contributed by atoms with van der Waals surface area (Å²) in [5.41, 5.74) is 0.935. The molecule has 0 atom stereocenters. The summed E-state index contributed by atoms with van der Waals surface area (Å²) >= 11 is 6.36. The first kappa shape index (κ1) is 15.7. The number of aliphatic hydroxyl groups is 1. The summed E-state index contributed by atoms with van der Waals surface area (Å²) in [6, 6.07) is 6.26. The third-order valence-electron chi connectivity index (χ3n) is 2.87. The molecule has 0 spiro atoms. The molecule has 0 aromatic heterocycles. The first-order valence-electron chi connectivity index (χ1n) is 6.22. The van der Waals surface area contributed by atoms with Gasteiger partial charge in [-0.05, 0) is 30.2 Å². The minimum atomic E-state index is -0.989. The minimum Gasteiger partial charge on any atom is -0.478 e. The SMILES string of the molecule is O=C(O)c1ccc(/C=C2\SC(=S)N(CCCO)C2=O)cc1. The summed E-state index contributed by atoms with van der Waals surface area (Å²) in [7, 11) is 0. The highest BCUT2D eigenvalue weighted by molar-refractivity contribution is 8.26. The second-order valence-electron chi connectivity index (χ2n) is 4.34. The van der Waals surface area contributed by atoms with Crippen LogP contribution in [0.25, 0.3) is 6.08 Å². The van der Waals surface area contributed by atoms with Crippen molar-refractivity contribution in [2.75, 3.05) is 13.2 Å². The molecule has 1 fully saturated rings. The molecule has 1 heterocycles. The van der Waals surface area contributed by atoms with E-state index in [4.69, 9.17) is 22.4 Å². The zero-order valence-electron chi connectivity index (χ0n) is 11.0. The maximum absolute atomic E-state index is 12.2. The number of benzene rings is 1. The molecule has 0 radical (unpaired) electrons. The van der Waals surface area contributed by atoms with Gasteiger partial charge in [-0.2, -0.15) is 0 Å². The molecule has 7 heteroatoms. The van der Waals surface area contributed by atoms with Gasteiger partial charge in [0.15, 0.2) is 0 Å². The van der Waals surface area contributed by atoms with Gasteiger partial charge in [0.25, 0.3) is 5.91 Å². The van der Waals surface area contributed by atoms with Crippen molar-refractivity contribution in [3.8, 4) is 0 Å². The van der Waals surface area contributed by atoms with Gasteiger partial charge in [-0.25, -0.2) is 4.79 Å². The fourth-order valence-corrected chi connectivity index (χ4v) is 3.10. The second-order valence-corrected chi connectivity index (χ2v) is 6.01. The van der Waals surface area contributed by atoms with Crippen LogP contribution in [0.15, 0.2) is 29.2 Å². The first-order valence-corrected chi connectivity index (χ1v) is 7.45. The molecule has 0 unspecified atom stereocenters. The molecule has 0 bridgehead atoms. The second kappa shape index (κ2) is 6.84. The Bertz CT molecular complexity index is 610. The molecule has 1 aliphatic heterocycles. The van der Waals surface area contributed by atoms with Crippen LogP contribution in [0.3, 0.4) is 0 Å². The van der Waals surface area contributed by atoms with Crippen molar-refractivity contribution in [3.63, 3.8) is 0 Å². The fourth-order valence-electron chi connectivity index (χ4n) is 1.79. The van der Waals surface area contributed by atoms with Gasteiger partial charge in [0.1, 0.15) is 4.32 Å². The van der Waals surface area contributed by atoms with Crippen molar-refractivity contribution in [1.82, 2.24) is 4.90 Å². The van der Waals surface area contributed by atoms with E-state index >= 15 is 0 Å². The highest BCUT2D eigenvalue weighted by Crippen LogP contribution is 2.32. The molecular formula is C14H13NO4S2. The quantitative estimate of drug-likeness (QED) is 0.637. The number of nitrogens with zero attached hydrogens (tertiary/aromatic N) is 1. The van der Waals surface area contributed by atoms with Crippen molar-refractivity contribution in [2.45, 2.75) is 6.42 Å². The van der Waals surface area contributed by atoms with Crippen molar-refractivity contribution in [3.05, 3.63) is 40.3 Å². The van der Waals surface area contributed by atoms with Crippen LogP contribution in [0.4, 0.5) is 0 Å². The molecule has 1 saturated heterocycles. The van der Waals surface area contributed by atoms with Gasteiger partial charge in [0.05, 0.1) is 10.5 Å². The maximum atomic E-state index is 12.2. The Morgan fingerprint density at radius 2 is 2.00 bits per heavy atom. The van der Waals surface area contributed by atoms with Gasteiger partial charge in [0, 0.05) is 13.2 Å². The average Bonchev–Trinajstić information content (AvgIpc) is 2.72. The molecule has 1 aliphatic rings. The summed E-state index contributed by atoms with van der Waals surface area (Å²) in [4.78, 5) is 24.9. The summed E-state index contributed by atoms with van der Waals surface area (Å²) in [6.45, 7) is 0.406. The number of carboxylic acids is 1. The van der Waals surface area contributed by atoms with E-state index in [0.717, 1.165) is 5.56 Å². The van der Waals surface area contributed by atoms with Crippen molar-refractivity contribution in [2.24, 2.45) is 0 Å². The van der Waals surface area contributed by atoms with Crippen LogP contribution in [0.2, 0.25) is 0 Å². The molecular weight excluding hydrogens is 310 g/mol. The molecule has 1 aromatic carbocycles. The normalized spacial score (nSPS) is 16.8. The number of thiocarbonyl (C=S) groups is 1. The van der Waals surface area contributed by atoms with E-state index in [9.17, 15) is 9.59 Å². The Balaban J connectivity index is 2.16. The number of aromatic carboxylic acids is 1. The van der Waals surface area contributed by atoms with E-state index < -0.39 is 5.97 Å². The van der Waals surface area contributed by atoms with Crippen LogP contribution in [0, 0.1) is 0 Å². The first-order chi connectivity index (χ1) is 10.0. The van der Waals surface area contributed by atoms with Crippen LogP contribution < -0.4 is 0 Å². The van der Waals surface area contributed by atoms with Crippen LogP contribution >= 0.6 is 24.0 Å². The number of hydrogen-bond donors (Lipinski definition) is 2. The summed E-state index contributed by atoms with van der Waals surface area (Å²) < 4.78 is 0.474. The third-order valence-corrected chi connectivity index (χ3v) is 4.25. The van der Waals surface area contributed by atoms with E-state index in [1.165, 1.54) is 28.8 Å². The van der Waals surface area contributed by atoms with Gasteiger partial charge in [-0.3, -0.25) is 9.69 Å². The zero-order chi connectivity index (χ0) is 15.4. The smallest absolute Gasteiger partial charge is 0.335 e. The van der Waals surface area contributed by atoms with Gasteiger partial charge in [-0.15, -0.1) is 0 Å². The van der Waals surface area contributed by atoms with Crippen molar-refractivity contribution >= 4 is 46.3 Å². The van der Waals surface area contributed by atoms with Crippen LogP contribution in [-0.2, 0) is 4.79 Å². The predicted octanol–water partition coefficient (Wildman–Crippen LogP) is 1.97. The molecule has 110 valence electrons. The van der Waals surface area contributed by atoms with E-state index in [2.05, 4.69) is 0 Å². The van der Waals surface area contributed by atoms with E-state index in [1.807, 2.05) is 0 Å². The molecule has 2 rings (SSSR count). The number of carbonyl (C=O) groups excluding carboxylic acids is 1. The predicted molar refractivity (Wildman–Crippen MR) is 85.0 cm³/mol. The Morgan fingerprint density at radius 1 is 1.33 bits per heavy atom. The number of aliphatic hydroxyl groups excluding tert-OH is 1. The van der Waals surface area contributed by atoms with E-state index in [-0.39, 0.29) is 18.1 Å². The molecule has 2 N–H and O–H groups in total. The lowest BCUT2D eigenvalue weighted by molar-refractivity contribution is -0.122. The minimum absolute atomic E-state index is 0.00670. The molecule has 1 aromatic rings. The maximum Gasteiger partial charge on any atom is 0.335 e. The standard InChI is InChI=1S/C14H13NO4S2/c16-7-1-6-15-12(17)11(21-14(15)20)8-9-2-4-10(5-3-9)13(18)19/h2-5,8,16H,1,6-7H2,(H,18,19)/b11-8-. The average molecular weight is 323 g/mol. The lowest BCUT2D eigenvalue weighted by Crippen LogP contribution is -2.29. The number of hydrogen-bond acceptors (Lipinski definition) is 5. The Labute approximate surface area is 131 Å². The molecule has 1 amide bonds. The van der Waals surface area contributed by atoms with Crippen LogP contribution in [0.1, 0.15) is 22.3 Å². The molecule has 0 saturated carbocycles. The monoisotopic (exact) mass is 323 g/mol. The highest BCUT2D eigenvalue weighted by Gasteiger charge is 2.31. The van der Waals surface area contributed by atoms with Crippen LogP contribution in [-0.4, -0.2) is 44.5 Å². The zero-order valence-corrected chi connectivity index (χ0v) is 12.6. The van der Waals surface area contributed by atoms with Gasteiger partial charge >= 0.3 is 5.97 Å². The number of rotatable bonds is 5. The van der Waals surface area contributed by atoms with Crippen molar-refractivity contribution in [1.29, 1.82) is 0 Å². The number of amides is 1. The Kier molecular flexibility index (Phi) is 5.11. The van der Waals surface area contributed by atoms with Crippen molar-refractivity contribution < 1.29 is 19.8 Å². The van der Waals surface area contributed by atoms with E-state index in [0.29, 0.717) is 22.2 Å². The Hall–Kier alpha value is -1.70. The summed E-state index contributed by atoms with van der Waals surface area (Å²) in [5.74, 6) is -1.17. The van der Waals surface area contributed by atoms with Crippen LogP contribution in [0.5, 0.6) is 0 Å². The fraction of sp³-hybridized carbons (Fsp3) is 0.214. The Morgan fingerprint density at radius 3 is 2.57 bits per heavy atom. The number of carbonyl (C=O) groups is 2. The lowest BCUT2D eigenvalue weighted by Gasteiger charge is -2.12. The molecule has 0 aliphatic carbocycles. The van der Waals surface area contributed by atoms with Gasteiger partial charge in [-0.1, -0.05) is 36.1 Å². The lowest BCUT2D eigenvalue weighted by atomic mass is 10.1. The van der Waals surface area contributed by atoms with Gasteiger partial charge < -0.3 is 10.2 Å². The third kappa shape index (κ3) is 3.69. The highest BCUT2D eigenvalue weighted by atomic mass is 32.2. The summed E-state index contributed by atoms with van der Waals surface area (Å²) in [5, 5.41) is 17.7. The number of thioether (sulfide) groups is 1.